The third-order valence-corrected chi connectivity index (χ3v) is 3.15. The van der Waals surface area contributed by atoms with Crippen LogP contribution in [0.3, 0.4) is 0 Å². The minimum absolute atomic E-state index is 0.0230. The first-order valence-electron chi connectivity index (χ1n) is 5.28. The molecule has 3 nitrogen and oxygen atoms in total. The molecule has 0 atom stereocenters. The maximum absolute atomic E-state index is 11.9. The number of halogens is 1. The molecular weight excluding hydrogens is 280 g/mol. The Morgan fingerprint density at radius 2 is 2.12 bits per heavy atom. The lowest BCUT2D eigenvalue weighted by Gasteiger charge is -2.09. The van der Waals surface area contributed by atoms with Crippen LogP contribution in [-0.2, 0) is 6.54 Å². The van der Waals surface area contributed by atoms with Gasteiger partial charge in [0.1, 0.15) is 0 Å². The summed E-state index contributed by atoms with van der Waals surface area (Å²) >= 11 is 3.36. The van der Waals surface area contributed by atoms with E-state index in [1.165, 1.54) is 0 Å². The van der Waals surface area contributed by atoms with Crippen LogP contribution in [0, 0.1) is 6.92 Å². The molecule has 0 saturated heterocycles. The van der Waals surface area contributed by atoms with E-state index in [0.717, 1.165) is 15.6 Å². The number of anilines is 1. The van der Waals surface area contributed by atoms with E-state index in [9.17, 15) is 4.79 Å². The van der Waals surface area contributed by atoms with E-state index >= 15 is 0 Å². The van der Waals surface area contributed by atoms with Crippen LogP contribution in [0.5, 0.6) is 0 Å². The molecule has 0 saturated carbocycles. The molecule has 0 unspecified atom stereocenters. The van der Waals surface area contributed by atoms with Crippen molar-refractivity contribution in [3.63, 3.8) is 0 Å². The van der Waals surface area contributed by atoms with Crippen LogP contribution in [0.2, 0.25) is 0 Å². The fourth-order valence-electron chi connectivity index (χ4n) is 1.67. The van der Waals surface area contributed by atoms with Gasteiger partial charge in [-0.2, -0.15) is 0 Å². The Balaban J connectivity index is 2.38. The van der Waals surface area contributed by atoms with Gasteiger partial charge in [0.2, 0.25) is 0 Å². The lowest BCUT2D eigenvalue weighted by Crippen LogP contribution is -2.22. The summed E-state index contributed by atoms with van der Waals surface area (Å²) in [6.07, 6.45) is 1.77. The summed E-state index contributed by atoms with van der Waals surface area (Å²) < 4.78 is 2.60. The van der Waals surface area contributed by atoms with Gasteiger partial charge in [0.15, 0.2) is 0 Å². The quantitative estimate of drug-likeness (QED) is 0.865. The van der Waals surface area contributed by atoms with Gasteiger partial charge in [-0.3, -0.25) is 4.79 Å². The average molecular weight is 293 g/mol. The molecule has 0 aliphatic carbocycles. The van der Waals surface area contributed by atoms with Crippen LogP contribution in [-0.4, -0.2) is 4.57 Å². The number of hydrogen-bond donors (Lipinski definition) is 1. The lowest BCUT2D eigenvalue weighted by atomic mass is 10.2. The second kappa shape index (κ2) is 4.75. The maximum atomic E-state index is 11.9. The number of nitrogen functional groups attached to an aromatic ring is 1. The Bertz CT molecular complexity index is 605. The SMILES string of the molecule is Cc1cccn(Cc2ccc(Br)cc2N)c1=O. The number of hydrogen-bond acceptors (Lipinski definition) is 2. The van der Waals surface area contributed by atoms with Crippen LogP contribution in [0.15, 0.2) is 45.8 Å². The maximum Gasteiger partial charge on any atom is 0.253 e. The van der Waals surface area contributed by atoms with Crippen molar-refractivity contribution < 1.29 is 0 Å². The fraction of sp³-hybridized carbons (Fsp3) is 0.154. The van der Waals surface area contributed by atoms with Gasteiger partial charge < -0.3 is 10.3 Å². The summed E-state index contributed by atoms with van der Waals surface area (Å²) in [5.74, 6) is 0. The molecule has 1 aromatic heterocycles. The monoisotopic (exact) mass is 292 g/mol. The minimum Gasteiger partial charge on any atom is -0.398 e. The first kappa shape index (κ1) is 11.9. The molecule has 2 N–H and O–H groups in total. The molecule has 2 rings (SSSR count). The molecule has 0 spiro atoms. The zero-order valence-electron chi connectivity index (χ0n) is 9.48. The molecular formula is C13H13BrN2O. The van der Waals surface area contributed by atoms with Crippen molar-refractivity contribution in [2.45, 2.75) is 13.5 Å². The molecule has 0 aliphatic heterocycles. The summed E-state index contributed by atoms with van der Waals surface area (Å²) in [5, 5.41) is 0. The van der Waals surface area contributed by atoms with E-state index in [-0.39, 0.29) is 5.56 Å². The normalized spacial score (nSPS) is 10.5. The zero-order valence-corrected chi connectivity index (χ0v) is 11.1. The largest absolute Gasteiger partial charge is 0.398 e. The van der Waals surface area contributed by atoms with Crippen LogP contribution in [0.25, 0.3) is 0 Å². The van der Waals surface area contributed by atoms with E-state index < -0.39 is 0 Å². The standard InChI is InChI=1S/C13H13BrN2O/c1-9-3-2-6-16(13(9)17)8-10-4-5-11(14)7-12(10)15/h2-7H,8,15H2,1H3. The molecule has 0 fully saturated rings. The van der Waals surface area contributed by atoms with E-state index in [4.69, 9.17) is 5.73 Å². The molecule has 1 aromatic carbocycles. The summed E-state index contributed by atoms with van der Waals surface area (Å²) in [7, 11) is 0. The minimum atomic E-state index is 0.0230. The van der Waals surface area contributed by atoms with Gasteiger partial charge in [-0.15, -0.1) is 0 Å². The second-order valence-corrected chi connectivity index (χ2v) is 4.88. The first-order valence-corrected chi connectivity index (χ1v) is 6.07. The topological polar surface area (TPSA) is 48.0 Å². The summed E-state index contributed by atoms with van der Waals surface area (Å²) in [6, 6.07) is 9.37. The van der Waals surface area contributed by atoms with Crippen molar-refractivity contribution in [1.29, 1.82) is 0 Å². The van der Waals surface area contributed by atoms with Gasteiger partial charge in [0.25, 0.3) is 5.56 Å². The Kier molecular flexibility index (Phi) is 3.33. The molecule has 0 aliphatic rings. The van der Waals surface area contributed by atoms with Crippen molar-refractivity contribution in [2.24, 2.45) is 0 Å². The van der Waals surface area contributed by atoms with Gasteiger partial charge in [-0.25, -0.2) is 0 Å². The highest BCUT2D eigenvalue weighted by atomic mass is 79.9. The smallest absolute Gasteiger partial charge is 0.253 e. The van der Waals surface area contributed by atoms with Crippen molar-refractivity contribution in [1.82, 2.24) is 4.57 Å². The van der Waals surface area contributed by atoms with Crippen molar-refractivity contribution in [3.8, 4) is 0 Å². The van der Waals surface area contributed by atoms with E-state index in [2.05, 4.69) is 15.9 Å². The van der Waals surface area contributed by atoms with E-state index in [1.54, 1.807) is 10.8 Å². The molecule has 4 heteroatoms. The van der Waals surface area contributed by atoms with Gasteiger partial charge >= 0.3 is 0 Å². The van der Waals surface area contributed by atoms with Gasteiger partial charge in [-0.1, -0.05) is 28.1 Å². The molecule has 88 valence electrons. The number of nitrogens with zero attached hydrogens (tertiary/aromatic N) is 1. The van der Waals surface area contributed by atoms with Crippen molar-refractivity contribution in [2.75, 3.05) is 5.73 Å². The third kappa shape index (κ3) is 2.58. The summed E-state index contributed by atoms with van der Waals surface area (Å²) in [5.41, 5.74) is 8.31. The molecule has 0 radical (unpaired) electrons. The van der Waals surface area contributed by atoms with E-state index in [1.807, 2.05) is 37.3 Å². The molecule has 0 bridgehead atoms. The molecule has 17 heavy (non-hydrogen) atoms. The van der Waals surface area contributed by atoms with Gasteiger partial charge in [0, 0.05) is 21.9 Å². The fourth-order valence-corrected chi connectivity index (χ4v) is 2.05. The Hall–Kier alpha value is -1.55. The lowest BCUT2D eigenvalue weighted by molar-refractivity contribution is 0.754. The molecule has 1 heterocycles. The summed E-state index contributed by atoms with van der Waals surface area (Å²) in [4.78, 5) is 11.9. The first-order chi connectivity index (χ1) is 8.08. The van der Waals surface area contributed by atoms with Crippen LogP contribution in [0.4, 0.5) is 5.69 Å². The molecule has 0 amide bonds. The molecule has 2 aromatic rings. The van der Waals surface area contributed by atoms with Crippen LogP contribution in [0.1, 0.15) is 11.1 Å². The van der Waals surface area contributed by atoms with Crippen molar-refractivity contribution in [3.05, 3.63) is 62.5 Å². The summed E-state index contributed by atoms with van der Waals surface area (Å²) in [6.45, 7) is 2.31. The highest BCUT2D eigenvalue weighted by Crippen LogP contribution is 2.18. The van der Waals surface area contributed by atoms with Crippen LogP contribution < -0.4 is 11.3 Å². The highest BCUT2D eigenvalue weighted by Gasteiger charge is 2.03. The highest BCUT2D eigenvalue weighted by molar-refractivity contribution is 9.10. The average Bonchev–Trinajstić information content (AvgIpc) is 2.28. The second-order valence-electron chi connectivity index (χ2n) is 3.97. The number of aryl methyl sites for hydroxylation is 1. The predicted molar refractivity (Wildman–Crippen MR) is 73.1 cm³/mol. The number of nitrogens with two attached hydrogens (primary N) is 1. The number of benzene rings is 1. The predicted octanol–water partition coefficient (Wildman–Crippen LogP) is 2.55. The van der Waals surface area contributed by atoms with E-state index in [0.29, 0.717) is 12.2 Å². The number of rotatable bonds is 2. The Labute approximate surface area is 108 Å². The Morgan fingerprint density at radius 3 is 2.82 bits per heavy atom. The van der Waals surface area contributed by atoms with Gasteiger partial charge in [-0.05, 0) is 30.7 Å². The van der Waals surface area contributed by atoms with Crippen LogP contribution >= 0.6 is 15.9 Å². The zero-order chi connectivity index (χ0) is 12.4. The Morgan fingerprint density at radius 1 is 1.35 bits per heavy atom. The third-order valence-electron chi connectivity index (χ3n) is 2.66. The van der Waals surface area contributed by atoms with Gasteiger partial charge in [0.05, 0.1) is 6.54 Å². The number of pyridine rings is 1. The number of aromatic nitrogens is 1. The van der Waals surface area contributed by atoms with Crippen molar-refractivity contribution >= 4 is 21.6 Å².